The van der Waals surface area contributed by atoms with Crippen molar-refractivity contribution < 1.29 is 4.74 Å². The lowest BCUT2D eigenvalue weighted by Crippen LogP contribution is -2.41. The number of rotatable bonds is 5. The normalized spacial score (nSPS) is 20.6. The van der Waals surface area contributed by atoms with E-state index in [4.69, 9.17) is 4.74 Å². The fourth-order valence-corrected chi connectivity index (χ4v) is 3.74. The van der Waals surface area contributed by atoms with Gasteiger partial charge in [0.15, 0.2) is 5.96 Å². The number of benzene rings is 1. The molecule has 2 atom stereocenters. The summed E-state index contributed by atoms with van der Waals surface area (Å²) in [5.41, 5.74) is 1.27. The Morgan fingerprint density at radius 2 is 2.04 bits per heavy atom. The summed E-state index contributed by atoms with van der Waals surface area (Å²) in [6.45, 7) is 2.52. The van der Waals surface area contributed by atoms with E-state index in [1.165, 1.54) is 16.9 Å². The second kappa shape index (κ2) is 10.8. The summed E-state index contributed by atoms with van der Waals surface area (Å²) in [4.78, 5) is 5.63. The maximum absolute atomic E-state index is 6.06. The van der Waals surface area contributed by atoms with E-state index in [1.54, 1.807) is 11.3 Å². The van der Waals surface area contributed by atoms with Gasteiger partial charge in [0.05, 0.1) is 12.6 Å². The number of ether oxygens (including phenoxy) is 1. The molecule has 3 rings (SSSR count). The molecule has 2 aromatic rings. The molecule has 2 heterocycles. The standard InChI is InChI=1S/C19H25N3OS.HI/c1-20-19(22-14-17-10-6-12-24-17)21-13-16-9-5-11-23-18(16)15-7-3-2-4-8-15;/h2-4,6-8,10,12,16,18H,5,9,11,13-14H2,1H3,(H2,20,21,22);1H. The number of nitrogens with zero attached hydrogens (tertiary/aromatic N) is 1. The number of thiophene rings is 1. The third-order valence-corrected chi connectivity index (χ3v) is 5.21. The van der Waals surface area contributed by atoms with Crippen LogP contribution < -0.4 is 10.6 Å². The highest BCUT2D eigenvalue weighted by molar-refractivity contribution is 14.0. The molecule has 0 spiro atoms. The Hall–Kier alpha value is -1.12. The molecule has 1 saturated heterocycles. The zero-order chi connectivity index (χ0) is 16.6. The molecule has 2 unspecified atom stereocenters. The summed E-state index contributed by atoms with van der Waals surface area (Å²) in [6.07, 6.45) is 2.47. The van der Waals surface area contributed by atoms with Crippen LogP contribution in [-0.4, -0.2) is 26.2 Å². The second-order valence-corrected chi connectivity index (χ2v) is 7.02. The highest BCUT2D eigenvalue weighted by Crippen LogP contribution is 2.32. The van der Waals surface area contributed by atoms with Gasteiger partial charge in [-0.05, 0) is 29.9 Å². The first-order chi connectivity index (χ1) is 11.9. The van der Waals surface area contributed by atoms with E-state index in [0.29, 0.717) is 5.92 Å². The van der Waals surface area contributed by atoms with Gasteiger partial charge < -0.3 is 15.4 Å². The molecule has 25 heavy (non-hydrogen) atoms. The van der Waals surface area contributed by atoms with Crippen LogP contribution in [0.15, 0.2) is 52.8 Å². The first-order valence-corrected chi connectivity index (χ1v) is 9.38. The zero-order valence-corrected chi connectivity index (χ0v) is 17.6. The Bertz CT molecular complexity index is 633. The average Bonchev–Trinajstić information content (AvgIpc) is 3.16. The molecule has 0 bridgehead atoms. The molecule has 1 aliphatic rings. The predicted octanol–water partition coefficient (Wildman–Crippen LogP) is 4.20. The zero-order valence-electron chi connectivity index (χ0n) is 14.5. The highest BCUT2D eigenvalue weighted by atomic mass is 127. The fourth-order valence-electron chi connectivity index (χ4n) is 3.10. The van der Waals surface area contributed by atoms with Crippen LogP contribution in [0.3, 0.4) is 0 Å². The van der Waals surface area contributed by atoms with E-state index >= 15 is 0 Å². The molecule has 2 N–H and O–H groups in total. The van der Waals surface area contributed by atoms with E-state index in [1.807, 2.05) is 7.05 Å². The van der Waals surface area contributed by atoms with Crippen LogP contribution in [0, 0.1) is 5.92 Å². The number of guanidine groups is 1. The van der Waals surface area contributed by atoms with Gasteiger partial charge in [-0.15, -0.1) is 35.3 Å². The van der Waals surface area contributed by atoms with Crippen molar-refractivity contribution in [2.75, 3.05) is 20.2 Å². The average molecular weight is 471 g/mol. The smallest absolute Gasteiger partial charge is 0.191 e. The van der Waals surface area contributed by atoms with Crippen molar-refractivity contribution in [1.82, 2.24) is 10.6 Å². The molecule has 4 nitrogen and oxygen atoms in total. The maximum atomic E-state index is 6.06. The number of hydrogen-bond acceptors (Lipinski definition) is 3. The summed E-state index contributed by atoms with van der Waals surface area (Å²) in [7, 11) is 1.82. The van der Waals surface area contributed by atoms with Gasteiger partial charge in [0.25, 0.3) is 0 Å². The monoisotopic (exact) mass is 471 g/mol. The molecule has 1 aromatic carbocycles. The highest BCUT2D eigenvalue weighted by Gasteiger charge is 2.27. The third-order valence-electron chi connectivity index (χ3n) is 4.34. The summed E-state index contributed by atoms with van der Waals surface area (Å²) < 4.78 is 6.06. The van der Waals surface area contributed by atoms with Crippen molar-refractivity contribution in [2.45, 2.75) is 25.5 Å². The molecule has 136 valence electrons. The molecular formula is C19H26IN3OS. The number of aliphatic imine (C=N–C) groups is 1. The molecule has 0 amide bonds. The molecule has 1 fully saturated rings. The molecule has 0 saturated carbocycles. The quantitative estimate of drug-likeness (QED) is 0.391. The Labute approximate surface area is 171 Å². The van der Waals surface area contributed by atoms with Crippen molar-refractivity contribution >= 4 is 41.3 Å². The molecule has 6 heteroatoms. The van der Waals surface area contributed by atoms with Gasteiger partial charge >= 0.3 is 0 Å². The van der Waals surface area contributed by atoms with E-state index in [0.717, 1.165) is 32.1 Å². The Morgan fingerprint density at radius 3 is 2.76 bits per heavy atom. The molecule has 0 radical (unpaired) electrons. The first kappa shape index (κ1) is 20.2. The van der Waals surface area contributed by atoms with E-state index in [2.05, 4.69) is 63.5 Å². The largest absolute Gasteiger partial charge is 0.373 e. The van der Waals surface area contributed by atoms with Crippen molar-refractivity contribution in [3.8, 4) is 0 Å². The van der Waals surface area contributed by atoms with Crippen molar-refractivity contribution in [1.29, 1.82) is 0 Å². The lowest BCUT2D eigenvalue weighted by molar-refractivity contribution is -0.0265. The van der Waals surface area contributed by atoms with Gasteiger partial charge in [0.1, 0.15) is 0 Å². The van der Waals surface area contributed by atoms with E-state index in [-0.39, 0.29) is 30.1 Å². The van der Waals surface area contributed by atoms with Gasteiger partial charge in [0.2, 0.25) is 0 Å². The van der Waals surface area contributed by atoms with Crippen molar-refractivity contribution in [3.63, 3.8) is 0 Å². The second-order valence-electron chi connectivity index (χ2n) is 5.99. The van der Waals surface area contributed by atoms with Crippen molar-refractivity contribution in [2.24, 2.45) is 10.9 Å². The van der Waals surface area contributed by atoms with Gasteiger partial charge in [-0.2, -0.15) is 0 Å². The summed E-state index contributed by atoms with van der Waals surface area (Å²) in [5.74, 6) is 1.31. The third kappa shape index (κ3) is 5.97. The van der Waals surface area contributed by atoms with E-state index in [9.17, 15) is 0 Å². The van der Waals surface area contributed by atoms with Crippen LogP contribution in [0.2, 0.25) is 0 Å². The maximum Gasteiger partial charge on any atom is 0.191 e. The van der Waals surface area contributed by atoms with Gasteiger partial charge in [-0.3, -0.25) is 4.99 Å². The lowest BCUT2D eigenvalue weighted by atomic mass is 9.89. The SMILES string of the molecule is CN=C(NCc1cccs1)NCC1CCCOC1c1ccccc1.I. The van der Waals surface area contributed by atoms with Crippen LogP contribution in [0.25, 0.3) is 0 Å². The molecule has 0 aliphatic carbocycles. The Kier molecular flexibility index (Phi) is 8.71. The number of nitrogens with one attached hydrogen (secondary N) is 2. The van der Waals surface area contributed by atoms with Crippen LogP contribution >= 0.6 is 35.3 Å². The van der Waals surface area contributed by atoms with Crippen LogP contribution in [-0.2, 0) is 11.3 Å². The number of hydrogen-bond donors (Lipinski definition) is 2. The van der Waals surface area contributed by atoms with Gasteiger partial charge in [-0.25, -0.2) is 0 Å². The van der Waals surface area contributed by atoms with Crippen LogP contribution in [0.5, 0.6) is 0 Å². The summed E-state index contributed by atoms with van der Waals surface area (Å²) in [6, 6.07) is 14.7. The first-order valence-electron chi connectivity index (χ1n) is 8.50. The van der Waals surface area contributed by atoms with Crippen LogP contribution in [0.4, 0.5) is 0 Å². The van der Waals surface area contributed by atoms with Crippen LogP contribution in [0.1, 0.15) is 29.4 Å². The minimum atomic E-state index is 0. The Balaban J connectivity index is 0.00000225. The molecule has 1 aromatic heterocycles. The minimum absolute atomic E-state index is 0. The van der Waals surface area contributed by atoms with Gasteiger partial charge in [-0.1, -0.05) is 36.4 Å². The lowest BCUT2D eigenvalue weighted by Gasteiger charge is -2.32. The molecule has 1 aliphatic heterocycles. The van der Waals surface area contributed by atoms with Crippen molar-refractivity contribution in [3.05, 3.63) is 58.3 Å². The minimum Gasteiger partial charge on any atom is -0.373 e. The summed E-state index contributed by atoms with van der Waals surface area (Å²) in [5, 5.41) is 8.93. The Morgan fingerprint density at radius 1 is 1.20 bits per heavy atom. The topological polar surface area (TPSA) is 45.7 Å². The predicted molar refractivity (Wildman–Crippen MR) is 116 cm³/mol. The van der Waals surface area contributed by atoms with E-state index < -0.39 is 0 Å². The van der Waals surface area contributed by atoms with Gasteiger partial charge in [0, 0.05) is 31.0 Å². The number of halogens is 1. The molecular weight excluding hydrogens is 445 g/mol. The fraction of sp³-hybridized carbons (Fsp3) is 0.421. The summed E-state index contributed by atoms with van der Waals surface area (Å²) >= 11 is 1.75.